The van der Waals surface area contributed by atoms with Crippen LogP contribution in [0.15, 0.2) is 128 Å². The van der Waals surface area contributed by atoms with E-state index in [0.717, 1.165) is 51.9 Å². The van der Waals surface area contributed by atoms with Crippen LogP contribution < -0.4 is 20.7 Å². The number of aliphatic hydroxyl groups is 1. The van der Waals surface area contributed by atoms with Gasteiger partial charge in [-0.2, -0.15) is 0 Å². The largest absolute Gasteiger partial charge is 0.493 e. The van der Waals surface area contributed by atoms with E-state index < -0.39 is 23.3 Å². The van der Waals surface area contributed by atoms with Gasteiger partial charge in [0.05, 0.1) is 49.8 Å². The monoisotopic (exact) mass is 814 g/mol. The van der Waals surface area contributed by atoms with Crippen molar-refractivity contribution in [2.24, 2.45) is 0 Å². The highest BCUT2D eigenvalue weighted by Gasteiger charge is 2.16. The van der Waals surface area contributed by atoms with E-state index in [1.54, 1.807) is 12.1 Å². The van der Waals surface area contributed by atoms with E-state index in [9.17, 15) is 19.5 Å². The maximum atomic E-state index is 13.0. The molecule has 60 heavy (non-hydrogen) atoms. The van der Waals surface area contributed by atoms with Crippen molar-refractivity contribution < 1.29 is 37.7 Å². The average molecular weight is 815 g/mol. The number of benzene rings is 4. The Morgan fingerprint density at radius 3 is 1.67 bits per heavy atom. The highest BCUT2D eigenvalue weighted by atomic mass is 16.5. The normalized spacial score (nSPS) is 11.9. The number of esters is 1. The molecule has 314 valence electrons. The van der Waals surface area contributed by atoms with Crippen molar-refractivity contribution in [2.75, 3.05) is 26.4 Å². The molecule has 0 bridgehead atoms. The van der Waals surface area contributed by atoms with Crippen LogP contribution in [0.25, 0.3) is 44.2 Å². The lowest BCUT2D eigenvalue weighted by atomic mass is 9.98. The fraction of sp³-hybridized carbons (Fsp3) is 0.340. The third-order valence-corrected chi connectivity index (χ3v) is 10.5. The Hall–Kier alpha value is -5.97. The van der Waals surface area contributed by atoms with E-state index in [1.165, 1.54) is 0 Å². The Labute approximate surface area is 350 Å². The lowest BCUT2D eigenvalue weighted by Crippen LogP contribution is -2.23. The number of unbranched alkanes of at least 4 members (excludes halogenated alkanes) is 1. The van der Waals surface area contributed by atoms with Gasteiger partial charge >= 0.3 is 17.2 Å². The van der Waals surface area contributed by atoms with Gasteiger partial charge in [-0.15, -0.1) is 0 Å². The molecular weight excluding hydrogens is 761 g/mol. The van der Waals surface area contributed by atoms with Crippen LogP contribution in [0.3, 0.4) is 0 Å². The summed E-state index contributed by atoms with van der Waals surface area (Å²) in [7, 11) is 0. The van der Waals surface area contributed by atoms with Crippen molar-refractivity contribution in [2.45, 2.75) is 83.8 Å². The van der Waals surface area contributed by atoms with Gasteiger partial charge in [0.15, 0.2) is 0 Å². The highest BCUT2D eigenvalue weighted by molar-refractivity contribution is 5.84. The molecule has 0 saturated carbocycles. The smallest absolute Gasteiger partial charge is 0.344 e. The van der Waals surface area contributed by atoms with Gasteiger partial charge in [0, 0.05) is 29.0 Å². The van der Waals surface area contributed by atoms with Crippen LogP contribution in [0, 0.1) is 0 Å². The number of rotatable bonds is 23. The van der Waals surface area contributed by atoms with Gasteiger partial charge in [-0.25, -0.2) is 14.4 Å². The maximum Gasteiger partial charge on any atom is 0.344 e. The molecule has 2 aromatic heterocycles. The third kappa shape index (κ3) is 11.8. The van der Waals surface area contributed by atoms with Crippen LogP contribution in [0.4, 0.5) is 0 Å². The van der Waals surface area contributed by atoms with E-state index in [4.69, 9.17) is 27.8 Å². The summed E-state index contributed by atoms with van der Waals surface area (Å²) in [5.41, 5.74) is 5.14. The summed E-state index contributed by atoms with van der Waals surface area (Å²) in [6.45, 7) is 8.79. The van der Waals surface area contributed by atoms with E-state index in [-0.39, 0.29) is 19.3 Å². The third-order valence-electron chi connectivity index (χ3n) is 10.5. The molecule has 2 heterocycles. The number of hydrogen-bond donors (Lipinski definition) is 1. The molecule has 0 fully saturated rings. The van der Waals surface area contributed by atoms with Crippen LogP contribution in [0.1, 0.15) is 69.9 Å². The van der Waals surface area contributed by atoms with E-state index in [0.29, 0.717) is 92.0 Å². The molecule has 0 amide bonds. The van der Waals surface area contributed by atoms with Crippen LogP contribution in [-0.2, 0) is 27.1 Å². The van der Waals surface area contributed by atoms with Crippen molar-refractivity contribution in [1.82, 2.24) is 0 Å². The topological polar surface area (TPSA) is 135 Å². The summed E-state index contributed by atoms with van der Waals surface area (Å²) in [6, 6.07) is 30.5. The minimum absolute atomic E-state index is 0.168. The SMILES string of the molecule is C=CC(=O)OCCCCC(O)COC(CCCOc1ccc2cc(-c3ccccc3CC)c(=O)oc2c1)CCCOc1ccc2cc(-c3ccccc3CC)c(=O)oc2c1. The molecule has 4 aromatic carbocycles. The second kappa shape index (κ2) is 21.9. The van der Waals surface area contributed by atoms with Crippen LogP contribution in [0.2, 0.25) is 0 Å². The fourth-order valence-electron chi connectivity index (χ4n) is 7.28. The molecule has 1 unspecified atom stereocenters. The quantitative estimate of drug-likeness (QED) is 0.0288. The van der Waals surface area contributed by atoms with Crippen molar-refractivity contribution >= 4 is 27.9 Å². The summed E-state index contributed by atoms with van der Waals surface area (Å²) in [5.74, 6) is 0.737. The Balaban J connectivity index is 1.03. The first-order valence-corrected chi connectivity index (χ1v) is 20.9. The maximum absolute atomic E-state index is 13.0. The number of ether oxygens (including phenoxy) is 4. The average Bonchev–Trinajstić information content (AvgIpc) is 3.27. The number of carbonyl (C=O) groups excluding carboxylic acids is 1. The van der Waals surface area contributed by atoms with Crippen LogP contribution in [-0.4, -0.2) is 49.7 Å². The van der Waals surface area contributed by atoms with Gasteiger partial charge in [-0.1, -0.05) is 69.0 Å². The van der Waals surface area contributed by atoms with Crippen molar-refractivity contribution in [3.05, 3.63) is 142 Å². The van der Waals surface area contributed by atoms with Gasteiger partial charge in [0.2, 0.25) is 0 Å². The van der Waals surface area contributed by atoms with Gasteiger partial charge in [0.1, 0.15) is 22.7 Å². The molecule has 1 N–H and O–H groups in total. The summed E-state index contributed by atoms with van der Waals surface area (Å²) < 4.78 is 34.9. The lowest BCUT2D eigenvalue weighted by Gasteiger charge is -2.20. The van der Waals surface area contributed by atoms with Crippen LogP contribution >= 0.6 is 0 Å². The van der Waals surface area contributed by atoms with Crippen molar-refractivity contribution in [1.29, 1.82) is 0 Å². The van der Waals surface area contributed by atoms with Gasteiger partial charge in [-0.05, 0) is 116 Å². The van der Waals surface area contributed by atoms with E-state index in [1.807, 2.05) is 84.9 Å². The molecule has 0 saturated heterocycles. The number of hydrogen-bond acceptors (Lipinski definition) is 10. The molecule has 6 aromatic rings. The Kier molecular flexibility index (Phi) is 15.9. The van der Waals surface area contributed by atoms with Gasteiger partial charge < -0.3 is 32.9 Å². The van der Waals surface area contributed by atoms with Crippen LogP contribution in [0.5, 0.6) is 11.5 Å². The number of carbonyl (C=O) groups is 1. The summed E-state index contributed by atoms with van der Waals surface area (Å²) in [4.78, 5) is 37.3. The second-order valence-electron chi connectivity index (χ2n) is 14.8. The molecule has 1 atom stereocenters. The molecule has 10 nitrogen and oxygen atoms in total. The molecule has 0 aliphatic rings. The molecule has 6 rings (SSSR count). The van der Waals surface area contributed by atoms with Gasteiger partial charge in [-0.3, -0.25) is 0 Å². The van der Waals surface area contributed by atoms with Crippen molar-refractivity contribution in [3.63, 3.8) is 0 Å². The minimum atomic E-state index is -0.665. The predicted molar refractivity (Wildman–Crippen MR) is 235 cm³/mol. The number of aryl methyl sites for hydroxylation is 2. The zero-order chi connectivity index (χ0) is 42.3. The van der Waals surface area contributed by atoms with Gasteiger partial charge in [0.25, 0.3) is 0 Å². The minimum Gasteiger partial charge on any atom is -0.493 e. The Bertz CT molecular complexity index is 2330. The fourth-order valence-corrected chi connectivity index (χ4v) is 7.28. The second-order valence-corrected chi connectivity index (χ2v) is 14.8. The Morgan fingerprint density at radius 2 is 1.17 bits per heavy atom. The highest BCUT2D eigenvalue weighted by Crippen LogP contribution is 2.29. The number of aliphatic hydroxyl groups excluding tert-OH is 1. The molecule has 0 spiro atoms. The first-order valence-electron chi connectivity index (χ1n) is 20.9. The Morgan fingerprint density at radius 1 is 0.650 bits per heavy atom. The standard InChI is InChI=1S/C50H54O10/c1-4-34-15-7-9-20-42(34)44-29-36-22-24-40(31-46(36)59-49(44)53)55-27-13-18-39(58-33-38(51)17-11-12-26-57-48(52)6-3)19-14-28-56-41-25-23-37-30-45(50(54)60-47(37)32-41)43-21-10-8-16-35(43)5-2/h6-10,15-16,20-25,29-32,38-39,51H,3-5,11-14,17-19,26-28,33H2,1-2H3. The zero-order valence-corrected chi connectivity index (χ0v) is 34.5. The predicted octanol–water partition coefficient (Wildman–Crippen LogP) is 10.0. The summed E-state index contributed by atoms with van der Waals surface area (Å²) >= 11 is 0. The number of fused-ring (bicyclic) bond motifs is 2. The molecule has 0 aliphatic carbocycles. The molecule has 0 radical (unpaired) electrons. The van der Waals surface area contributed by atoms with E-state index >= 15 is 0 Å². The van der Waals surface area contributed by atoms with Crippen molar-refractivity contribution in [3.8, 4) is 33.8 Å². The summed E-state index contributed by atoms with van der Waals surface area (Å²) in [5, 5.41) is 12.3. The lowest BCUT2D eigenvalue weighted by molar-refractivity contribution is -0.137. The zero-order valence-electron chi connectivity index (χ0n) is 34.5. The molecule has 0 aliphatic heterocycles. The summed E-state index contributed by atoms with van der Waals surface area (Å²) in [6.07, 6.45) is 6.45. The molecular formula is C50H54O10. The molecule has 10 heteroatoms. The van der Waals surface area contributed by atoms with E-state index in [2.05, 4.69) is 20.4 Å². The first kappa shape index (κ1) is 43.6. The first-order chi connectivity index (χ1) is 29.3.